The maximum Gasteiger partial charge on any atom is 0.128 e. The van der Waals surface area contributed by atoms with E-state index >= 15 is 0 Å². The van der Waals surface area contributed by atoms with Crippen LogP contribution >= 0.6 is 0 Å². The number of aryl methyl sites for hydroxylation is 1. The quantitative estimate of drug-likeness (QED) is 0.804. The van der Waals surface area contributed by atoms with Gasteiger partial charge >= 0.3 is 0 Å². The Labute approximate surface area is 90.1 Å². The number of fused-ring (bicyclic) bond motifs is 1. The van der Waals surface area contributed by atoms with Crippen LogP contribution in [0.2, 0.25) is 0 Å². The van der Waals surface area contributed by atoms with E-state index in [1.165, 1.54) is 0 Å². The molecule has 1 aliphatic heterocycles. The molecule has 1 N–H and O–H groups in total. The maximum absolute atomic E-state index is 13.4. The Balaban J connectivity index is 2.38. The van der Waals surface area contributed by atoms with Crippen molar-refractivity contribution >= 4 is 11.4 Å². The van der Waals surface area contributed by atoms with Gasteiger partial charge in [0.2, 0.25) is 0 Å². The van der Waals surface area contributed by atoms with Gasteiger partial charge in [0.25, 0.3) is 0 Å². The van der Waals surface area contributed by atoms with Gasteiger partial charge in [-0.05, 0) is 31.0 Å². The van der Waals surface area contributed by atoms with Gasteiger partial charge < -0.3 is 10.2 Å². The lowest BCUT2D eigenvalue weighted by atomic mass is 10.1. The second kappa shape index (κ2) is 4.09. The molecule has 0 atom stereocenters. The summed E-state index contributed by atoms with van der Waals surface area (Å²) in [5.74, 6) is -0.125. The van der Waals surface area contributed by atoms with Crippen molar-refractivity contribution < 1.29 is 4.39 Å². The van der Waals surface area contributed by atoms with Gasteiger partial charge in [0.1, 0.15) is 5.82 Å². The maximum atomic E-state index is 13.4. The van der Waals surface area contributed by atoms with Crippen LogP contribution < -0.4 is 10.2 Å². The van der Waals surface area contributed by atoms with Gasteiger partial charge in [0.15, 0.2) is 0 Å². The van der Waals surface area contributed by atoms with Gasteiger partial charge in [0.05, 0.1) is 11.4 Å². The second-order valence-corrected chi connectivity index (χ2v) is 4.03. The first-order valence-electron chi connectivity index (χ1n) is 5.51. The molecule has 0 unspecified atom stereocenters. The smallest absolute Gasteiger partial charge is 0.128 e. The van der Waals surface area contributed by atoms with E-state index in [0.717, 1.165) is 43.0 Å². The molecule has 0 aromatic heterocycles. The first-order valence-corrected chi connectivity index (χ1v) is 5.51. The summed E-state index contributed by atoms with van der Waals surface area (Å²) in [5, 5.41) is 3.24. The molecule has 1 aromatic carbocycles. The van der Waals surface area contributed by atoms with Gasteiger partial charge in [-0.1, -0.05) is 6.92 Å². The average molecular weight is 208 g/mol. The van der Waals surface area contributed by atoms with Crippen LogP contribution in [-0.4, -0.2) is 19.6 Å². The van der Waals surface area contributed by atoms with Crippen molar-refractivity contribution in [1.82, 2.24) is 0 Å². The van der Waals surface area contributed by atoms with Crippen LogP contribution in [0.1, 0.15) is 18.9 Å². The van der Waals surface area contributed by atoms with E-state index in [-0.39, 0.29) is 5.82 Å². The van der Waals surface area contributed by atoms with E-state index in [4.69, 9.17) is 0 Å². The zero-order chi connectivity index (χ0) is 10.8. The molecule has 15 heavy (non-hydrogen) atoms. The van der Waals surface area contributed by atoms with Crippen LogP contribution in [0.3, 0.4) is 0 Å². The third-order valence-corrected chi connectivity index (χ3v) is 2.81. The topological polar surface area (TPSA) is 15.3 Å². The Bertz CT molecular complexity index is 363. The van der Waals surface area contributed by atoms with E-state index in [2.05, 4.69) is 17.1 Å². The first-order chi connectivity index (χ1) is 7.22. The van der Waals surface area contributed by atoms with E-state index < -0.39 is 0 Å². The lowest BCUT2D eigenvalue weighted by Gasteiger charge is -2.32. The highest BCUT2D eigenvalue weighted by Crippen LogP contribution is 2.31. The first kappa shape index (κ1) is 10.3. The fourth-order valence-corrected chi connectivity index (χ4v) is 2.02. The van der Waals surface area contributed by atoms with Gasteiger partial charge in [0, 0.05) is 19.6 Å². The highest BCUT2D eigenvalue weighted by molar-refractivity contribution is 5.73. The standard InChI is InChI=1S/C12H17FN2/c1-3-5-15-6-4-14-11-8-10(13)9(2)7-12(11)15/h7-8,14H,3-6H2,1-2H3. The number of rotatable bonds is 2. The molecule has 1 aliphatic rings. The number of hydrogen-bond acceptors (Lipinski definition) is 2. The summed E-state index contributed by atoms with van der Waals surface area (Å²) >= 11 is 0. The fourth-order valence-electron chi connectivity index (χ4n) is 2.02. The number of benzene rings is 1. The van der Waals surface area contributed by atoms with E-state index in [1.807, 2.05) is 13.0 Å². The highest BCUT2D eigenvalue weighted by atomic mass is 19.1. The molecule has 3 heteroatoms. The van der Waals surface area contributed by atoms with E-state index in [9.17, 15) is 4.39 Å². The predicted octanol–water partition coefficient (Wildman–Crippen LogP) is 2.78. The molecular formula is C12H17FN2. The molecule has 0 fully saturated rings. The molecule has 2 nitrogen and oxygen atoms in total. The van der Waals surface area contributed by atoms with Crippen LogP contribution in [0.5, 0.6) is 0 Å². The zero-order valence-electron chi connectivity index (χ0n) is 9.31. The van der Waals surface area contributed by atoms with Crippen LogP contribution in [0.25, 0.3) is 0 Å². The third kappa shape index (κ3) is 1.91. The summed E-state index contributed by atoms with van der Waals surface area (Å²) in [6.45, 7) is 6.92. The highest BCUT2D eigenvalue weighted by Gasteiger charge is 2.17. The minimum absolute atomic E-state index is 0.125. The fraction of sp³-hybridized carbons (Fsp3) is 0.500. The molecule has 0 radical (unpaired) electrons. The molecule has 0 amide bonds. The zero-order valence-corrected chi connectivity index (χ0v) is 9.31. The Kier molecular flexibility index (Phi) is 2.80. The minimum atomic E-state index is -0.125. The summed E-state index contributed by atoms with van der Waals surface area (Å²) in [6.07, 6.45) is 1.12. The van der Waals surface area contributed by atoms with Crippen molar-refractivity contribution in [2.45, 2.75) is 20.3 Å². The normalized spacial score (nSPS) is 14.7. The SMILES string of the molecule is CCCN1CCNc2cc(F)c(C)cc21. The summed E-state index contributed by atoms with van der Waals surface area (Å²) in [5.41, 5.74) is 2.79. The minimum Gasteiger partial charge on any atom is -0.382 e. The van der Waals surface area contributed by atoms with Gasteiger partial charge in [-0.15, -0.1) is 0 Å². The molecule has 1 heterocycles. The van der Waals surface area contributed by atoms with E-state index in [0.29, 0.717) is 0 Å². The lowest BCUT2D eigenvalue weighted by molar-refractivity contribution is 0.617. The lowest BCUT2D eigenvalue weighted by Crippen LogP contribution is -2.34. The Morgan fingerprint density at radius 3 is 3.00 bits per heavy atom. The summed E-state index contributed by atoms with van der Waals surface area (Å²) in [4.78, 5) is 2.32. The average Bonchev–Trinajstić information content (AvgIpc) is 2.21. The van der Waals surface area contributed by atoms with Gasteiger partial charge in [-0.25, -0.2) is 4.39 Å². The molecule has 0 spiro atoms. The van der Waals surface area contributed by atoms with Crippen molar-refractivity contribution in [3.8, 4) is 0 Å². The molecule has 0 saturated carbocycles. The Morgan fingerprint density at radius 2 is 2.27 bits per heavy atom. The van der Waals surface area contributed by atoms with Gasteiger partial charge in [-0.3, -0.25) is 0 Å². The Hall–Kier alpha value is -1.25. The summed E-state index contributed by atoms with van der Waals surface area (Å²) in [6, 6.07) is 3.54. The third-order valence-electron chi connectivity index (χ3n) is 2.81. The van der Waals surface area contributed by atoms with Crippen molar-refractivity contribution in [1.29, 1.82) is 0 Å². The van der Waals surface area contributed by atoms with Crippen LogP contribution in [0, 0.1) is 12.7 Å². The second-order valence-electron chi connectivity index (χ2n) is 4.03. The number of hydrogen-bond donors (Lipinski definition) is 1. The van der Waals surface area contributed by atoms with Crippen molar-refractivity contribution in [2.75, 3.05) is 29.9 Å². The predicted molar refractivity (Wildman–Crippen MR) is 62.1 cm³/mol. The molecular weight excluding hydrogens is 191 g/mol. The molecule has 82 valence electrons. The van der Waals surface area contributed by atoms with Crippen molar-refractivity contribution in [2.24, 2.45) is 0 Å². The van der Waals surface area contributed by atoms with Crippen LogP contribution in [0.15, 0.2) is 12.1 Å². The Morgan fingerprint density at radius 1 is 1.47 bits per heavy atom. The number of halogens is 1. The van der Waals surface area contributed by atoms with Crippen LogP contribution in [0.4, 0.5) is 15.8 Å². The number of anilines is 2. The summed E-state index contributed by atoms with van der Waals surface area (Å²) in [7, 11) is 0. The molecule has 1 aromatic rings. The molecule has 0 saturated heterocycles. The summed E-state index contributed by atoms with van der Waals surface area (Å²) < 4.78 is 13.4. The van der Waals surface area contributed by atoms with Crippen LogP contribution in [-0.2, 0) is 0 Å². The number of nitrogens with zero attached hydrogens (tertiary/aromatic N) is 1. The van der Waals surface area contributed by atoms with E-state index in [1.54, 1.807) is 6.07 Å². The number of nitrogens with one attached hydrogen (secondary N) is 1. The van der Waals surface area contributed by atoms with Crippen molar-refractivity contribution in [3.63, 3.8) is 0 Å². The molecule has 0 aliphatic carbocycles. The van der Waals surface area contributed by atoms with Gasteiger partial charge in [-0.2, -0.15) is 0 Å². The van der Waals surface area contributed by atoms with Crippen molar-refractivity contribution in [3.05, 3.63) is 23.5 Å². The molecule has 0 bridgehead atoms. The monoisotopic (exact) mass is 208 g/mol. The molecule has 2 rings (SSSR count). The largest absolute Gasteiger partial charge is 0.382 e.